The van der Waals surface area contributed by atoms with Gasteiger partial charge in [0.1, 0.15) is 17.7 Å². The lowest BCUT2D eigenvalue weighted by Gasteiger charge is -2.25. The summed E-state index contributed by atoms with van der Waals surface area (Å²) in [5, 5.41) is 0. The largest absolute Gasteiger partial charge is 0.406 e. The highest BCUT2D eigenvalue weighted by molar-refractivity contribution is 9.10. The zero-order chi connectivity index (χ0) is 16.2. The van der Waals surface area contributed by atoms with Gasteiger partial charge in [0, 0.05) is 25.9 Å². The molecule has 9 heteroatoms. The summed E-state index contributed by atoms with van der Waals surface area (Å²) < 4.78 is 38.0. The predicted molar refractivity (Wildman–Crippen MR) is 72.6 cm³/mol. The molecule has 21 heavy (non-hydrogen) atoms. The summed E-state index contributed by atoms with van der Waals surface area (Å²) in [4.78, 5) is 29.1. The van der Waals surface area contributed by atoms with Crippen LogP contribution in [0.25, 0.3) is 0 Å². The molecular formula is C12H13BrF3N3O2. The summed E-state index contributed by atoms with van der Waals surface area (Å²) in [6.45, 7) is -2.14. The molecule has 1 aromatic heterocycles. The van der Waals surface area contributed by atoms with Crippen LogP contribution in [0.5, 0.6) is 0 Å². The number of nitrogens with zero attached hydrogens (tertiary/aromatic N) is 3. The summed E-state index contributed by atoms with van der Waals surface area (Å²) in [6.07, 6.45) is -3.30. The number of carbonyl (C=O) groups is 2. The maximum atomic E-state index is 12.6. The third-order valence-electron chi connectivity index (χ3n) is 2.46. The van der Waals surface area contributed by atoms with E-state index in [9.17, 15) is 22.8 Å². The van der Waals surface area contributed by atoms with Crippen LogP contribution in [0.1, 0.15) is 10.4 Å². The molecule has 0 N–H and O–H groups in total. The normalized spacial score (nSPS) is 11.1. The molecule has 1 aromatic rings. The van der Waals surface area contributed by atoms with E-state index in [-0.39, 0.29) is 5.56 Å². The number of hydrogen-bond acceptors (Lipinski definition) is 3. The van der Waals surface area contributed by atoms with E-state index in [1.165, 1.54) is 32.4 Å². The second-order valence-corrected chi connectivity index (χ2v) is 5.24. The van der Waals surface area contributed by atoms with Gasteiger partial charge in [0.2, 0.25) is 5.91 Å². The summed E-state index contributed by atoms with van der Waals surface area (Å²) in [5.41, 5.74) is 0.0210. The van der Waals surface area contributed by atoms with Crippen LogP contribution in [0.3, 0.4) is 0 Å². The number of rotatable bonds is 4. The highest BCUT2D eigenvalue weighted by atomic mass is 79.9. The summed E-state index contributed by atoms with van der Waals surface area (Å²) in [5.74, 6) is -1.48. The first-order valence-electron chi connectivity index (χ1n) is 5.78. The van der Waals surface area contributed by atoms with E-state index in [1.807, 2.05) is 0 Å². The van der Waals surface area contributed by atoms with Gasteiger partial charge in [-0.1, -0.05) is 0 Å². The van der Waals surface area contributed by atoms with Crippen LogP contribution in [0.15, 0.2) is 22.9 Å². The third-order valence-corrected chi connectivity index (χ3v) is 2.89. The summed E-state index contributed by atoms with van der Waals surface area (Å²) in [7, 11) is 2.81. The lowest BCUT2D eigenvalue weighted by atomic mass is 10.2. The van der Waals surface area contributed by atoms with Gasteiger partial charge in [-0.3, -0.25) is 9.59 Å². The standard InChI is InChI=1S/C12H13BrF3N3O2/c1-18(2)10(20)6-19(7-12(14,15)16)11(21)8-3-4-17-9(13)5-8/h3-5H,6-7H2,1-2H3. The van der Waals surface area contributed by atoms with Crippen molar-refractivity contribution in [3.63, 3.8) is 0 Å². The molecule has 0 spiro atoms. The summed E-state index contributed by atoms with van der Waals surface area (Å²) in [6, 6.07) is 2.59. The van der Waals surface area contributed by atoms with Gasteiger partial charge in [0.15, 0.2) is 0 Å². The van der Waals surface area contributed by atoms with Crippen molar-refractivity contribution in [3.05, 3.63) is 28.5 Å². The monoisotopic (exact) mass is 367 g/mol. The molecule has 0 aliphatic carbocycles. The highest BCUT2D eigenvalue weighted by Crippen LogP contribution is 2.19. The molecule has 5 nitrogen and oxygen atoms in total. The smallest absolute Gasteiger partial charge is 0.347 e. The Labute approximate surface area is 127 Å². The van der Waals surface area contributed by atoms with Crippen molar-refractivity contribution in [3.8, 4) is 0 Å². The Kier molecular flexibility index (Phi) is 5.70. The lowest BCUT2D eigenvalue weighted by molar-refractivity contribution is -0.146. The number of amides is 2. The molecule has 0 aliphatic heterocycles. The zero-order valence-electron chi connectivity index (χ0n) is 11.3. The van der Waals surface area contributed by atoms with E-state index >= 15 is 0 Å². The molecule has 1 rings (SSSR count). The van der Waals surface area contributed by atoms with Crippen molar-refractivity contribution in [2.75, 3.05) is 27.2 Å². The predicted octanol–water partition coefficient (Wildman–Crippen LogP) is 1.94. The highest BCUT2D eigenvalue weighted by Gasteiger charge is 2.34. The van der Waals surface area contributed by atoms with E-state index < -0.39 is 31.1 Å². The van der Waals surface area contributed by atoms with Crippen LogP contribution < -0.4 is 0 Å². The van der Waals surface area contributed by atoms with Gasteiger partial charge in [-0.05, 0) is 28.1 Å². The van der Waals surface area contributed by atoms with Gasteiger partial charge in [-0.25, -0.2) is 4.98 Å². The molecule has 0 aromatic carbocycles. The lowest BCUT2D eigenvalue weighted by Crippen LogP contribution is -2.44. The van der Waals surface area contributed by atoms with Crippen LogP contribution >= 0.6 is 15.9 Å². The zero-order valence-corrected chi connectivity index (χ0v) is 12.9. The molecule has 0 radical (unpaired) electrons. The van der Waals surface area contributed by atoms with Crippen molar-refractivity contribution in [2.24, 2.45) is 0 Å². The first kappa shape index (κ1) is 17.4. The molecule has 1 heterocycles. The van der Waals surface area contributed by atoms with E-state index in [4.69, 9.17) is 0 Å². The molecule has 0 fully saturated rings. The van der Waals surface area contributed by atoms with Crippen LogP contribution in [0.2, 0.25) is 0 Å². The maximum Gasteiger partial charge on any atom is 0.406 e. The fraction of sp³-hybridized carbons (Fsp3) is 0.417. The quantitative estimate of drug-likeness (QED) is 0.764. The second kappa shape index (κ2) is 6.88. The minimum Gasteiger partial charge on any atom is -0.347 e. The molecule has 2 amide bonds. The van der Waals surface area contributed by atoms with Crippen LogP contribution in [0.4, 0.5) is 13.2 Å². The average molecular weight is 368 g/mol. The molecule has 0 atom stereocenters. The number of hydrogen-bond donors (Lipinski definition) is 0. The van der Waals surface area contributed by atoms with Gasteiger partial charge >= 0.3 is 6.18 Å². The van der Waals surface area contributed by atoms with E-state index in [1.54, 1.807) is 0 Å². The second-order valence-electron chi connectivity index (χ2n) is 4.43. The minimum atomic E-state index is -4.59. The fourth-order valence-corrected chi connectivity index (χ4v) is 1.80. The molecule has 0 unspecified atom stereocenters. The van der Waals surface area contributed by atoms with Crippen molar-refractivity contribution in [1.29, 1.82) is 0 Å². The van der Waals surface area contributed by atoms with Gasteiger partial charge in [0.25, 0.3) is 5.91 Å². The number of likely N-dealkylation sites (N-methyl/N-ethyl adjacent to an activating group) is 1. The van der Waals surface area contributed by atoms with Gasteiger partial charge < -0.3 is 9.80 Å². The van der Waals surface area contributed by atoms with Gasteiger partial charge in [0.05, 0.1) is 0 Å². The molecule has 0 bridgehead atoms. The van der Waals surface area contributed by atoms with Crippen molar-refractivity contribution >= 4 is 27.7 Å². The first-order chi connectivity index (χ1) is 9.60. The Balaban J connectivity index is 3.00. The molecular weight excluding hydrogens is 355 g/mol. The SMILES string of the molecule is CN(C)C(=O)CN(CC(F)(F)F)C(=O)c1ccnc(Br)c1. The van der Waals surface area contributed by atoms with E-state index in [0.29, 0.717) is 9.50 Å². The van der Waals surface area contributed by atoms with Crippen molar-refractivity contribution in [1.82, 2.24) is 14.8 Å². The van der Waals surface area contributed by atoms with Crippen LogP contribution in [0, 0.1) is 0 Å². The van der Waals surface area contributed by atoms with Crippen LogP contribution in [-0.2, 0) is 4.79 Å². The Hall–Kier alpha value is -1.64. The Bertz CT molecular complexity index is 535. The van der Waals surface area contributed by atoms with Gasteiger partial charge in [-0.15, -0.1) is 0 Å². The number of alkyl halides is 3. The van der Waals surface area contributed by atoms with Crippen molar-refractivity contribution < 1.29 is 22.8 Å². The van der Waals surface area contributed by atoms with Gasteiger partial charge in [-0.2, -0.15) is 13.2 Å². The Morgan fingerprint density at radius 2 is 1.95 bits per heavy atom. The van der Waals surface area contributed by atoms with Crippen LogP contribution in [-0.4, -0.2) is 60.0 Å². The minimum absolute atomic E-state index is 0.0210. The number of pyridine rings is 1. The number of carbonyl (C=O) groups excluding carboxylic acids is 2. The topological polar surface area (TPSA) is 53.5 Å². The fourth-order valence-electron chi connectivity index (χ4n) is 1.44. The average Bonchev–Trinajstić information content (AvgIpc) is 2.35. The summed E-state index contributed by atoms with van der Waals surface area (Å²) >= 11 is 3.04. The number of halogens is 4. The van der Waals surface area contributed by atoms with E-state index in [0.717, 1.165) is 4.90 Å². The van der Waals surface area contributed by atoms with Crippen molar-refractivity contribution in [2.45, 2.75) is 6.18 Å². The molecule has 116 valence electrons. The molecule has 0 saturated carbocycles. The van der Waals surface area contributed by atoms with E-state index in [2.05, 4.69) is 20.9 Å². The molecule has 0 aliphatic rings. The number of aromatic nitrogens is 1. The maximum absolute atomic E-state index is 12.6. The Morgan fingerprint density at radius 1 is 1.33 bits per heavy atom. The molecule has 0 saturated heterocycles. The Morgan fingerprint density at radius 3 is 2.43 bits per heavy atom. The first-order valence-corrected chi connectivity index (χ1v) is 6.57. The third kappa shape index (κ3) is 5.70.